The van der Waals surface area contributed by atoms with Crippen LogP contribution in [0.4, 0.5) is 0 Å². The van der Waals surface area contributed by atoms with Crippen molar-refractivity contribution in [3.8, 4) is 0 Å². The highest BCUT2D eigenvalue weighted by Gasteiger charge is 2.29. The molecule has 1 aromatic rings. The summed E-state index contributed by atoms with van der Waals surface area (Å²) in [5, 5.41) is 3.38. The Morgan fingerprint density at radius 2 is 1.81 bits per heavy atom. The molecule has 0 aromatic heterocycles. The Morgan fingerprint density at radius 1 is 1.10 bits per heavy atom. The molecule has 2 aliphatic heterocycles. The SMILES string of the molecule is O=S(=O)(c1ccccc1)N1CCN(C[C@@H]2CCNC2)CC1. The van der Waals surface area contributed by atoms with Gasteiger partial charge in [-0.1, -0.05) is 18.2 Å². The van der Waals surface area contributed by atoms with Crippen molar-refractivity contribution in [3.05, 3.63) is 30.3 Å². The van der Waals surface area contributed by atoms with Crippen LogP contribution < -0.4 is 5.32 Å². The van der Waals surface area contributed by atoms with Crippen LogP contribution in [0.15, 0.2) is 35.2 Å². The van der Waals surface area contributed by atoms with E-state index in [1.54, 1.807) is 28.6 Å². The maximum Gasteiger partial charge on any atom is 0.243 e. The minimum absolute atomic E-state index is 0.401. The van der Waals surface area contributed by atoms with Crippen LogP contribution in [0.25, 0.3) is 0 Å². The Balaban J connectivity index is 1.58. The average Bonchev–Trinajstić information content (AvgIpc) is 3.02. The number of piperazine rings is 1. The molecule has 1 atom stereocenters. The molecule has 2 saturated heterocycles. The highest BCUT2D eigenvalue weighted by Crippen LogP contribution is 2.18. The van der Waals surface area contributed by atoms with Gasteiger partial charge in [-0.3, -0.25) is 0 Å². The average molecular weight is 309 g/mol. The van der Waals surface area contributed by atoms with Gasteiger partial charge in [0.05, 0.1) is 4.90 Å². The molecule has 0 unspecified atom stereocenters. The molecule has 116 valence electrons. The largest absolute Gasteiger partial charge is 0.316 e. The van der Waals surface area contributed by atoms with Crippen molar-refractivity contribution in [1.29, 1.82) is 0 Å². The fourth-order valence-corrected chi connectivity index (χ4v) is 4.57. The van der Waals surface area contributed by atoms with E-state index >= 15 is 0 Å². The molecule has 1 N–H and O–H groups in total. The van der Waals surface area contributed by atoms with E-state index in [1.807, 2.05) is 6.07 Å². The third kappa shape index (κ3) is 3.45. The number of hydrogen-bond donors (Lipinski definition) is 1. The second-order valence-corrected chi connectivity index (χ2v) is 7.81. The van der Waals surface area contributed by atoms with E-state index in [0.717, 1.165) is 38.6 Å². The lowest BCUT2D eigenvalue weighted by Gasteiger charge is -2.35. The Kier molecular flexibility index (Phi) is 4.59. The van der Waals surface area contributed by atoms with Gasteiger partial charge in [0.2, 0.25) is 10.0 Å². The maximum absolute atomic E-state index is 12.5. The van der Waals surface area contributed by atoms with Crippen molar-refractivity contribution < 1.29 is 8.42 Å². The second-order valence-electron chi connectivity index (χ2n) is 5.88. The first-order chi connectivity index (χ1) is 10.2. The molecule has 1 aromatic carbocycles. The van der Waals surface area contributed by atoms with Crippen molar-refractivity contribution in [1.82, 2.24) is 14.5 Å². The van der Waals surface area contributed by atoms with E-state index in [9.17, 15) is 8.42 Å². The maximum atomic E-state index is 12.5. The normalized spacial score (nSPS) is 25.2. The topological polar surface area (TPSA) is 52.7 Å². The van der Waals surface area contributed by atoms with Crippen LogP contribution >= 0.6 is 0 Å². The van der Waals surface area contributed by atoms with Crippen LogP contribution in [0, 0.1) is 5.92 Å². The van der Waals surface area contributed by atoms with Gasteiger partial charge in [-0.25, -0.2) is 8.42 Å². The summed E-state index contributed by atoms with van der Waals surface area (Å²) in [6.07, 6.45) is 1.24. The summed E-state index contributed by atoms with van der Waals surface area (Å²) in [6, 6.07) is 8.73. The molecule has 21 heavy (non-hydrogen) atoms. The number of benzene rings is 1. The van der Waals surface area contributed by atoms with Gasteiger partial charge in [0.25, 0.3) is 0 Å². The highest BCUT2D eigenvalue weighted by molar-refractivity contribution is 7.89. The standard InChI is InChI=1S/C15H23N3O2S/c19-21(20,15-4-2-1-3-5-15)18-10-8-17(9-11-18)13-14-6-7-16-12-14/h1-5,14,16H,6-13H2/t14-/m1/s1. The predicted molar refractivity (Wildman–Crippen MR) is 82.6 cm³/mol. The molecule has 0 aliphatic carbocycles. The summed E-state index contributed by atoms with van der Waals surface area (Å²) in [5.74, 6) is 0.724. The van der Waals surface area contributed by atoms with Crippen LogP contribution in [-0.2, 0) is 10.0 Å². The third-order valence-corrected chi connectivity index (χ3v) is 6.30. The zero-order valence-electron chi connectivity index (χ0n) is 12.2. The Hall–Kier alpha value is -0.950. The molecule has 2 fully saturated rings. The van der Waals surface area contributed by atoms with Crippen LogP contribution in [0.1, 0.15) is 6.42 Å². The van der Waals surface area contributed by atoms with Crippen molar-refractivity contribution in [3.63, 3.8) is 0 Å². The molecule has 5 nitrogen and oxygen atoms in total. The molecule has 3 rings (SSSR count). The van der Waals surface area contributed by atoms with Gasteiger partial charge >= 0.3 is 0 Å². The zero-order chi connectivity index (χ0) is 14.7. The minimum atomic E-state index is -3.32. The van der Waals surface area contributed by atoms with E-state index in [1.165, 1.54) is 6.42 Å². The number of sulfonamides is 1. The summed E-state index contributed by atoms with van der Waals surface area (Å²) in [7, 11) is -3.32. The Bertz CT molecular complexity index is 548. The molecule has 0 spiro atoms. The first kappa shape index (κ1) is 15.0. The van der Waals surface area contributed by atoms with Gasteiger partial charge in [0, 0.05) is 32.7 Å². The first-order valence-corrected chi connectivity index (χ1v) is 9.08. The molecule has 6 heteroatoms. The van der Waals surface area contributed by atoms with E-state index in [-0.39, 0.29) is 0 Å². The summed E-state index contributed by atoms with van der Waals surface area (Å²) < 4.78 is 26.7. The molecule has 0 radical (unpaired) electrons. The van der Waals surface area contributed by atoms with E-state index in [2.05, 4.69) is 10.2 Å². The highest BCUT2D eigenvalue weighted by atomic mass is 32.2. The lowest BCUT2D eigenvalue weighted by Crippen LogP contribution is -2.49. The summed E-state index contributed by atoms with van der Waals surface area (Å²) in [6.45, 7) is 6.17. The molecule has 0 amide bonds. The summed E-state index contributed by atoms with van der Waals surface area (Å²) >= 11 is 0. The van der Waals surface area contributed by atoms with Crippen LogP contribution in [0.2, 0.25) is 0 Å². The smallest absolute Gasteiger partial charge is 0.243 e. The van der Waals surface area contributed by atoms with E-state index in [0.29, 0.717) is 18.0 Å². The fraction of sp³-hybridized carbons (Fsp3) is 0.600. The third-order valence-electron chi connectivity index (χ3n) is 4.39. The number of rotatable bonds is 4. The molecular formula is C15H23N3O2S. The van der Waals surface area contributed by atoms with Crippen LogP contribution in [-0.4, -0.2) is 63.4 Å². The first-order valence-electron chi connectivity index (χ1n) is 7.64. The van der Waals surface area contributed by atoms with Crippen molar-refractivity contribution in [2.45, 2.75) is 11.3 Å². The lowest BCUT2D eigenvalue weighted by atomic mass is 10.1. The molecule has 2 aliphatic rings. The van der Waals surface area contributed by atoms with Crippen molar-refractivity contribution in [2.75, 3.05) is 45.8 Å². The number of hydrogen-bond acceptors (Lipinski definition) is 4. The van der Waals surface area contributed by atoms with Crippen LogP contribution in [0.3, 0.4) is 0 Å². The molecule has 2 heterocycles. The van der Waals surface area contributed by atoms with E-state index in [4.69, 9.17) is 0 Å². The van der Waals surface area contributed by atoms with E-state index < -0.39 is 10.0 Å². The van der Waals surface area contributed by atoms with Gasteiger partial charge < -0.3 is 10.2 Å². The lowest BCUT2D eigenvalue weighted by molar-refractivity contribution is 0.168. The fourth-order valence-electron chi connectivity index (χ4n) is 3.13. The number of nitrogens with one attached hydrogen (secondary N) is 1. The van der Waals surface area contributed by atoms with Gasteiger partial charge in [0.15, 0.2) is 0 Å². The zero-order valence-corrected chi connectivity index (χ0v) is 13.1. The number of nitrogens with zero attached hydrogens (tertiary/aromatic N) is 2. The van der Waals surface area contributed by atoms with Crippen molar-refractivity contribution >= 4 is 10.0 Å². The monoisotopic (exact) mass is 309 g/mol. The van der Waals surface area contributed by atoms with Gasteiger partial charge in [-0.2, -0.15) is 4.31 Å². The quantitative estimate of drug-likeness (QED) is 0.885. The van der Waals surface area contributed by atoms with Crippen molar-refractivity contribution in [2.24, 2.45) is 5.92 Å². The summed E-state index contributed by atoms with van der Waals surface area (Å²) in [5.41, 5.74) is 0. The second kappa shape index (κ2) is 6.44. The minimum Gasteiger partial charge on any atom is -0.316 e. The molecular weight excluding hydrogens is 286 g/mol. The summed E-state index contributed by atoms with van der Waals surface area (Å²) in [4.78, 5) is 2.80. The Labute approximate surface area is 127 Å². The van der Waals surface area contributed by atoms with Crippen LogP contribution in [0.5, 0.6) is 0 Å². The van der Waals surface area contributed by atoms with Gasteiger partial charge in [0.1, 0.15) is 0 Å². The molecule has 0 saturated carbocycles. The molecule has 0 bridgehead atoms. The predicted octanol–water partition coefficient (Wildman–Crippen LogP) is 0.602. The van der Waals surface area contributed by atoms with Gasteiger partial charge in [-0.05, 0) is 37.6 Å². The Morgan fingerprint density at radius 3 is 2.43 bits per heavy atom. The van der Waals surface area contributed by atoms with Gasteiger partial charge in [-0.15, -0.1) is 0 Å².